The molecule has 2 N–H and O–H groups in total. The highest BCUT2D eigenvalue weighted by atomic mass is 16.3. The summed E-state index contributed by atoms with van der Waals surface area (Å²) in [6, 6.07) is 14.8. The molecule has 3 rings (SSSR count). The van der Waals surface area contributed by atoms with Crippen molar-refractivity contribution in [3.05, 3.63) is 89.0 Å². The average molecular weight is 346 g/mol. The highest BCUT2D eigenvalue weighted by Gasteiger charge is 2.16. The molecule has 0 unspecified atom stereocenters. The van der Waals surface area contributed by atoms with Crippen molar-refractivity contribution in [1.29, 1.82) is 0 Å². The van der Waals surface area contributed by atoms with Crippen molar-refractivity contribution in [2.45, 2.75) is 39.0 Å². The van der Waals surface area contributed by atoms with E-state index in [0.29, 0.717) is 0 Å². The first kappa shape index (κ1) is 18.1. The quantitative estimate of drug-likeness (QED) is 0.572. The van der Waals surface area contributed by atoms with Gasteiger partial charge in [0, 0.05) is 0 Å². The van der Waals surface area contributed by atoms with E-state index in [1.807, 2.05) is 24.3 Å². The molecule has 0 aromatic heterocycles. The second-order valence-corrected chi connectivity index (χ2v) is 6.73. The third-order valence-corrected chi connectivity index (χ3v) is 4.80. The standard InChI is InChI=1S/C24H26O2/c1-2-3-4-9-23(18-7-5-6-8-18)24(19-10-14-21(25)15-11-19)20-12-16-22(26)17-13-20/h5-7,10-17,25-26H,2-4,8-9H2,1H3. The van der Waals surface area contributed by atoms with E-state index < -0.39 is 0 Å². The number of unbranched alkanes of at least 4 members (excludes halogenated alkanes) is 2. The van der Waals surface area contributed by atoms with Gasteiger partial charge < -0.3 is 10.2 Å². The minimum absolute atomic E-state index is 0.271. The Labute approximate surface area is 155 Å². The Bertz CT molecular complexity index is 774. The maximum atomic E-state index is 9.70. The predicted octanol–water partition coefficient (Wildman–Crippen LogP) is 6.37. The van der Waals surface area contributed by atoms with Crippen LogP contribution in [0.15, 0.2) is 77.9 Å². The number of allylic oxidation sites excluding steroid dienone is 5. The molecular formula is C24H26O2. The first-order valence-corrected chi connectivity index (χ1v) is 9.37. The van der Waals surface area contributed by atoms with Gasteiger partial charge in [0.2, 0.25) is 0 Å². The smallest absolute Gasteiger partial charge is 0.115 e. The van der Waals surface area contributed by atoms with E-state index in [9.17, 15) is 10.2 Å². The lowest BCUT2D eigenvalue weighted by atomic mass is 9.86. The minimum atomic E-state index is 0.271. The number of hydrogen-bond donors (Lipinski definition) is 2. The Balaban J connectivity index is 2.14. The van der Waals surface area contributed by atoms with Gasteiger partial charge in [-0.3, -0.25) is 0 Å². The van der Waals surface area contributed by atoms with Crippen molar-refractivity contribution in [3.8, 4) is 11.5 Å². The monoisotopic (exact) mass is 346 g/mol. The third kappa shape index (κ3) is 4.26. The molecule has 0 aliphatic heterocycles. The maximum Gasteiger partial charge on any atom is 0.115 e. The summed E-state index contributed by atoms with van der Waals surface area (Å²) in [7, 11) is 0. The van der Waals surface area contributed by atoms with Gasteiger partial charge in [0.05, 0.1) is 0 Å². The summed E-state index contributed by atoms with van der Waals surface area (Å²) < 4.78 is 0. The zero-order valence-electron chi connectivity index (χ0n) is 15.3. The van der Waals surface area contributed by atoms with Crippen LogP contribution in [0, 0.1) is 0 Å². The Hall–Kier alpha value is -2.74. The van der Waals surface area contributed by atoms with Gasteiger partial charge in [-0.15, -0.1) is 0 Å². The molecule has 0 atom stereocenters. The second kappa shape index (κ2) is 8.57. The van der Waals surface area contributed by atoms with Crippen molar-refractivity contribution in [2.75, 3.05) is 0 Å². The van der Waals surface area contributed by atoms with Gasteiger partial charge in [-0.1, -0.05) is 62.3 Å². The Morgan fingerprint density at radius 1 is 0.846 bits per heavy atom. The van der Waals surface area contributed by atoms with Gasteiger partial charge in [0.15, 0.2) is 0 Å². The van der Waals surface area contributed by atoms with Crippen molar-refractivity contribution < 1.29 is 10.2 Å². The summed E-state index contributed by atoms with van der Waals surface area (Å²) in [5, 5.41) is 19.4. The highest BCUT2D eigenvalue weighted by molar-refractivity contribution is 5.85. The van der Waals surface area contributed by atoms with Gasteiger partial charge in [-0.25, -0.2) is 0 Å². The molecule has 2 aromatic rings. The lowest BCUT2D eigenvalue weighted by Gasteiger charge is -2.18. The normalized spacial score (nSPS) is 12.9. The van der Waals surface area contributed by atoms with Gasteiger partial charge in [0.1, 0.15) is 11.5 Å². The van der Waals surface area contributed by atoms with Crippen molar-refractivity contribution in [1.82, 2.24) is 0 Å². The van der Waals surface area contributed by atoms with E-state index in [-0.39, 0.29) is 11.5 Å². The molecule has 0 radical (unpaired) electrons. The summed E-state index contributed by atoms with van der Waals surface area (Å²) in [4.78, 5) is 0. The fraction of sp³-hybridized carbons (Fsp3) is 0.250. The number of phenolic OH excluding ortho intramolecular Hbond substituents is 2. The molecule has 0 heterocycles. The van der Waals surface area contributed by atoms with E-state index in [1.54, 1.807) is 24.3 Å². The van der Waals surface area contributed by atoms with E-state index in [0.717, 1.165) is 30.4 Å². The maximum absolute atomic E-state index is 9.70. The largest absolute Gasteiger partial charge is 0.508 e. The Morgan fingerprint density at radius 3 is 1.88 bits per heavy atom. The lowest BCUT2D eigenvalue weighted by Crippen LogP contribution is -1.98. The lowest BCUT2D eigenvalue weighted by molar-refractivity contribution is 0.475. The van der Waals surface area contributed by atoms with Gasteiger partial charge in [-0.2, -0.15) is 0 Å². The molecule has 2 nitrogen and oxygen atoms in total. The summed E-state index contributed by atoms with van der Waals surface area (Å²) in [6.07, 6.45) is 12.1. The topological polar surface area (TPSA) is 40.5 Å². The van der Waals surface area contributed by atoms with E-state index >= 15 is 0 Å². The van der Waals surface area contributed by atoms with Gasteiger partial charge >= 0.3 is 0 Å². The first-order chi connectivity index (χ1) is 12.7. The first-order valence-electron chi connectivity index (χ1n) is 9.37. The van der Waals surface area contributed by atoms with Crippen LogP contribution in [0.5, 0.6) is 11.5 Å². The summed E-state index contributed by atoms with van der Waals surface area (Å²) in [6.45, 7) is 2.22. The molecule has 2 aromatic carbocycles. The van der Waals surface area contributed by atoms with E-state index in [1.165, 1.54) is 29.6 Å². The summed E-state index contributed by atoms with van der Waals surface area (Å²) in [5.74, 6) is 0.543. The molecule has 1 aliphatic rings. The number of phenols is 2. The molecule has 26 heavy (non-hydrogen) atoms. The molecule has 2 heteroatoms. The molecule has 0 spiro atoms. The van der Waals surface area contributed by atoms with Crippen molar-refractivity contribution >= 4 is 5.57 Å². The van der Waals surface area contributed by atoms with Crippen molar-refractivity contribution in [3.63, 3.8) is 0 Å². The van der Waals surface area contributed by atoms with Crippen LogP contribution in [0.2, 0.25) is 0 Å². The molecule has 0 bridgehead atoms. The van der Waals surface area contributed by atoms with Crippen LogP contribution in [0.25, 0.3) is 5.57 Å². The van der Waals surface area contributed by atoms with Crippen LogP contribution in [0.4, 0.5) is 0 Å². The van der Waals surface area contributed by atoms with Crippen LogP contribution < -0.4 is 0 Å². The van der Waals surface area contributed by atoms with Crippen molar-refractivity contribution in [2.24, 2.45) is 0 Å². The van der Waals surface area contributed by atoms with Gasteiger partial charge in [0.25, 0.3) is 0 Å². The Morgan fingerprint density at radius 2 is 1.42 bits per heavy atom. The number of hydrogen-bond acceptors (Lipinski definition) is 2. The Kier molecular flexibility index (Phi) is 5.96. The average Bonchev–Trinajstić information content (AvgIpc) is 3.18. The summed E-state index contributed by atoms with van der Waals surface area (Å²) >= 11 is 0. The number of aromatic hydroxyl groups is 2. The van der Waals surface area contributed by atoms with Crippen LogP contribution in [-0.2, 0) is 0 Å². The SMILES string of the molecule is CCCCCC(C1=CC=CC1)=C(c1ccc(O)cc1)c1ccc(O)cc1. The highest BCUT2D eigenvalue weighted by Crippen LogP contribution is 2.37. The molecule has 0 amide bonds. The molecule has 134 valence electrons. The van der Waals surface area contributed by atoms with Crippen LogP contribution >= 0.6 is 0 Å². The zero-order chi connectivity index (χ0) is 18.4. The fourth-order valence-corrected chi connectivity index (χ4v) is 3.44. The second-order valence-electron chi connectivity index (χ2n) is 6.73. The van der Waals surface area contributed by atoms with Crippen LogP contribution in [0.3, 0.4) is 0 Å². The number of benzene rings is 2. The van der Waals surface area contributed by atoms with E-state index in [2.05, 4.69) is 25.2 Å². The van der Waals surface area contributed by atoms with Crippen LogP contribution in [0.1, 0.15) is 50.2 Å². The third-order valence-electron chi connectivity index (χ3n) is 4.80. The van der Waals surface area contributed by atoms with Crippen LogP contribution in [-0.4, -0.2) is 10.2 Å². The zero-order valence-corrected chi connectivity index (χ0v) is 15.3. The molecule has 0 saturated carbocycles. The fourth-order valence-electron chi connectivity index (χ4n) is 3.44. The molecule has 0 saturated heterocycles. The molecule has 0 fully saturated rings. The predicted molar refractivity (Wildman–Crippen MR) is 108 cm³/mol. The molecule has 1 aliphatic carbocycles. The summed E-state index contributed by atoms with van der Waals surface area (Å²) in [5.41, 5.74) is 6.09. The molecular weight excluding hydrogens is 320 g/mol. The minimum Gasteiger partial charge on any atom is -0.508 e. The van der Waals surface area contributed by atoms with Gasteiger partial charge in [-0.05, 0) is 71.4 Å². The van der Waals surface area contributed by atoms with E-state index in [4.69, 9.17) is 0 Å². The number of rotatable bonds is 7.